The summed E-state index contributed by atoms with van der Waals surface area (Å²) in [6.45, 7) is 1.57. The Morgan fingerprint density at radius 3 is 2.44 bits per heavy atom. The van der Waals surface area contributed by atoms with E-state index in [1.54, 1.807) is 25.3 Å². The van der Waals surface area contributed by atoms with Gasteiger partial charge in [-0.25, -0.2) is 8.42 Å². The second-order valence-corrected chi connectivity index (χ2v) is 8.82. The summed E-state index contributed by atoms with van der Waals surface area (Å²) in [4.78, 5) is 13.4. The summed E-state index contributed by atoms with van der Waals surface area (Å²) in [5.74, 6) is 0.354. The largest absolute Gasteiger partial charge is 0.497 e. The Labute approximate surface area is 165 Å². The monoisotopic (exact) mass is 408 g/mol. The van der Waals surface area contributed by atoms with E-state index < -0.39 is 10.0 Å². The number of rotatable bonds is 8. The van der Waals surface area contributed by atoms with Gasteiger partial charge in [0.25, 0.3) is 0 Å². The highest BCUT2D eigenvalue weighted by Gasteiger charge is 2.22. The first kappa shape index (κ1) is 21.1. The number of carbonyl (C=O) groups is 1. The van der Waals surface area contributed by atoms with E-state index in [1.165, 1.54) is 11.8 Å². The van der Waals surface area contributed by atoms with Gasteiger partial charge in [-0.1, -0.05) is 18.2 Å². The number of nitrogens with zero attached hydrogens (tertiary/aromatic N) is 1. The molecule has 146 valence electrons. The predicted octanol–water partition coefficient (Wildman–Crippen LogP) is 3.06. The van der Waals surface area contributed by atoms with Crippen molar-refractivity contribution in [3.05, 3.63) is 54.1 Å². The minimum atomic E-state index is -3.60. The second kappa shape index (κ2) is 9.14. The molecule has 0 spiro atoms. The number of hydrogen-bond donors (Lipinski definition) is 1. The van der Waals surface area contributed by atoms with Crippen LogP contribution in [0.25, 0.3) is 0 Å². The lowest BCUT2D eigenvalue weighted by molar-refractivity contribution is -0.120. The number of ether oxygens (including phenoxy) is 1. The van der Waals surface area contributed by atoms with Gasteiger partial charge in [-0.15, -0.1) is 11.8 Å². The minimum Gasteiger partial charge on any atom is -0.497 e. The van der Waals surface area contributed by atoms with Gasteiger partial charge in [0.15, 0.2) is 0 Å². The van der Waals surface area contributed by atoms with Crippen LogP contribution in [0, 0.1) is 0 Å². The van der Waals surface area contributed by atoms with Crippen LogP contribution in [0.2, 0.25) is 0 Å². The summed E-state index contributed by atoms with van der Waals surface area (Å²) in [5, 5.41) is 2.84. The molecule has 0 aliphatic heterocycles. The Bertz CT molecular complexity index is 883. The van der Waals surface area contributed by atoms with Crippen molar-refractivity contribution in [3.8, 4) is 5.75 Å². The summed E-state index contributed by atoms with van der Waals surface area (Å²) in [7, 11) is -2.01. The van der Waals surface area contributed by atoms with Crippen LogP contribution in [-0.2, 0) is 14.8 Å². The van der Waals surface area contributed by atoms with Gasteiger partial charge in [0.2, 0.25) is 15.9 Å². The van der Waals surface area contributed by atoms with Gasteiger partial charge in [0.1, 0.15) is 12.3 Å². The molecule has 0 fully saturated rings. The van der Waals surface area contributed by atoms with Crippen molar-refractivity contribution in [1.82, 2.24) is 5.32 Å². The zero-order valence-electron chi connectivity index (χ0n) is 15.8. The molecule has 1 N–H and O–H groups in total. The molecule has 27 heavy (non-hydrogen) atoms. The molecule has 1 atom stereocenters. The van der Waals surface area contributed by atoms with E-state index >= 15 is 0 Å². The van der Waals surface area contributed by atoms with Gasteiger partial charge in [-0.05, 0) is 49.1 Å². The fraction of sp³-hybridized carbons (Fsp3) is 0.316. The van der Waals surface area contributed by atoms with Gasteiger partial charge >= 0.3 is 0 Å². The molecule has 2 aromatic rings. The number of thioether (sulfide) groups is 1. The van der Waals surface area contributed by atoms with Crippen LogP contribution in [0.4, 0.5) is 5.69 Å². The van der Waals surface area contributed by atoms with Gasteiger partial charge < -0.3 is 10.1 Å². The molecular formula is C19H24N2O4S2. The standard InChI is InChI=1S/C19H24N2O4S2/c1-14(15-8-10-17(25-2)11-9-15)20-19(22)13-21(27(4,23)24)16-6-5-7-18(12-16)26-3/h5-12,14H,13H2,1-4H3,(H,20,22)/t14-/m0/s1. The average molecular weight is 409 g/mol. The van der Waals surface area contributed by atoms with Crippen LogP contribution in [0.1, 0.15) is 18.5 Å². The molecular weight excluding hydrogens is 384 g/mol. The van der Waals surface area contributed by atoms with E-state index in [4.69, 9.17) is 4.74 Å². The molecule has 8 heteroatoms. The third-order valence-corrected chi connectivity index (χ3v) is 5.89. The quantitative estimate of drug-likeness (QED) is 0.680. The molecule has 0 heterocycles. The maximum absolute atomic E-state index is 12.5. The maximum atomic E-state index is 12.5. The van der Waals surface area contributed by atoms with Crippen LogP contribution in [0.15, 0.2) is 53.4 Å². The normalized spacial score (nSPS) is 12.3. The number of nitrogens with one attached hydrogen (secondary N) is 1. The zero-order chi connectivity index (χ0) is 20.0. The average Bonchev–Trinajstić information content (AvgIpc) is 2.65. The van der Waals surface area contributed by atoms with Crippen molar-refractivity contribution in [2.75, 3.05) is 30.5 Å². The highest BCUT2D eigenvalue weighted by Crippen LogP contribution is 2.24. The molecule has 6 nitrogen and oxygen atoms in total. The Kier molecular flexibility index (Phi) is 7.15. The van der Waals surface area contributed by atoms with Gasteiger partial charge in [0, 0.05) is 4.90 Å². The lowest BCUT2D eigenvalue weighted by atomic mass is 10.1. The van der Waals surface area contributed by atoms with Crippen LogP contribution in [-0.4, -0.2) is 40.5 Å². The molecule has 0 radical (unpaired) electrons. The molecule has 0 saturated heterocycles. The summed E-state index contributed by atoms with van der Waals surface area (Å²) >= 11 is 1.51. The smallest absolute Gasteiger partial charge is 0.241 e. The molecule has 2 aromatic carbocycles. The van der Waals surface area contributed by atoms with E-state index in [9.17, 15) is 13.2 Å². The first-order valence-electron chi connectivity index (χ1n) is 8.29. The third-order valence-electron chi connectivity index (χ3n) is 4.02. The number of sulfonamides is 1. The van der Waals surface area contributed by atoms with Crippen molar-refractivity contribution in [2.24, 2.45) is 0 Å². The van der Waals surface area contributed by atoms with Crippen LogP contribution >= 0.6 is 11.8 Å². The number of carbonyl (C=O) groups excluding carboxylic acids is 1. The van der Waals surface area contributed by atoms with Crippen molar-refractivity contribution in [3.63, 3.8) is 0 Å². The van der Waals surface area contributed by atoms with Crippen LogP contribution in [0.3, 0.4) is 0 Å². The SMILES string of the molecule is COc1ccc([C@H](C)NC(=O)CN(c2cccc(SC)c2)S(C)(=O)=O)cc1. The number of methoxy groups -OCH3 is 1. The van der Waals surface area contributed by atoms with Gasteiger partial charge in [0.05, 0.1) is 25.1 Å². The summed E-state index contributed by atoms with van der Waals surface area (Å²) in [6, 6.07) is 14.2. The lowest BCUT2D eigenvalue weighted by Gasteiger charge is -2.23. The zero-order valence-corrected chi connectivity index (χ0v) is 17.4. The van der Waals surface area contributed by atoms with E-state index in [0.29, 0.717) is 5.69 Å². The van der Waals surface area contributed by atoms with E-state index in [-0.39, 0.29) is 18.5 Å². The molecule has 0 aliphatic carbocycles. The summed E-state index contributed by atoms with van der Waals surface area (Å²) in [5.41, 5.74) is 1.37. The number of anilines is 1. The molecule has 0 bridgehead atoms. The molecule has 0 aromatic heterocycles. The highest BCUT2D eigenvalue weighted by molar-refractivity contribution is 7.98. The van der Waals surface area contributed by atoms with E-state index in [1.807, 2.05) is 43.5 Å². The second-order valence-electron chi connectivity index (χ2n) is 6.03. The Morgan fingerprint density at radius 1 is 1.22 bits per heavy atom. The Balaban J connectivity index is 2.13. The first-order valence-corrected chi connectivity index (χ1v) is 11.4. The van der Waals surface area contributed by atoms with Crippen molar-refractivity contribution in [2.45, 2.75) is 17.9 Å². The summed E-state index contributed by atoms with van der Waals surface area (Å²) in [6.07, 6.45) is 3.01. The highest BCUT2D eigenvalue weighted by atomic mass is 32.2. The Hall–Kier alpha value is -2.19. The molecule has 1 amide bonds. The number of benzene rings is 2. The van der Waals surface area contributed by atoms with E-state index in [0.717, 1.165) is 26.8 Å². The number of hydrogen-bond acceptors (Lipinski definition) is 5. The number of amides is 1. The van der Waals surface area contributed by atoms with Crippen molar-refractivity contribution in [1.29, 1.82) is 0 Å². The molecule has 0 aliphatic rings. The molecule has 0 saturated carbocycles. The van der Waals surface area contributed by atoms with Gasteiger partial charge in [-0.3, -0.25) is 9.10 Å². The molecule has 0 unspecified atom stereocenters. The predicted molar refractivity (Wildman–Crippen MR) is 110 cm³/mol. The molecule has 2 rings (SSSR count). The van der Waals surface area contributed by atoms with Crippen LogP contribution < -0.4 is 14.4 Å². The van der Waals surface area contributed by atoms with Crippen molar-refractivity contribution >= 4 is 33.4 Å². The van der Waals surface area contributed by atoms with Crippen molar-refractivity contribution < 1.29 is 17.9 Å². The summed E-state index contributed by atoms with van der Waals surface area (Å²) < 4.78 is 30.7. The third kappa shape index (κ3) is 5.90. The lowest BCUT2D eigenvalue weighted by Crippen LogP contribution is -2.41. The van der Waals surface area contributed by atoms with Crippen LogP contribution in [0.5, 0.6) is 5.75 Å². The first-order chi connectivity index (χ1) is 12.7. The van der Waals surface area contributed by atoms with Gasteiger partial charge in [-0.2, -0.15) is 0 Å². The van der Waals surface area contributed by atoms with E-state index in [2.05, 4.69) is 5.32 Å². The maximum Gasteiger partial charge on any atom is 0.241 e. The topological polar surface area (TPSA) is 75.7 Å². The fourth-order valence-electron chi connectivity index (χ4n) is 2.56. The fourth-order valence-corrected chi connectivity index (χ4v) is 3.86. The Morgan fingerprint density at radius 2 is 1.89 bits per heavy atom. The minimum absolute atomic E-state index is 0.262.